The standard InChI is InChI=1S/C10H7Cl2F3N4O/c11-6-3-17-19(9(20)8(6)12)4-7-16-1-2-18(7)5-10(13,14)15/h1-3H,4-5H2. The average Bonchev–Trinajstić information content (AvgIpc) is 2.75. The van der Waals surface area contributed by atoms with Crippen molar-refractivity contribution in [3.05, 3.63) is 44.8 Å². The second-order valence-electron chi connectivity index (χ2n) is 3.86. The van der Waals surface area contributed by atoms with Crippen molar-refractivity contribution in [1.82, 2.24) is 19.3 Å². The van der Waals surface area contributed by atoms with Crippen molar-refractivity contribution in [3.63, 3.8) is 0 Å². The molecule has 108 valence electrons. The average molecular weight is 327 g/mol. The van der Waals surface area contributed by atoms with Crippen LogP contribution in [0.4, 0.5) is 13.2 Å². The fraction of sp³-hybridized carbons (Fsp3) is 0.300. The van der Waals surface area contributed by atoms with E-state index >= 15 is 0 Å². The summed E-state index contributed by atoms with van der Waals surface area (Å²) < 4.78 is 38.9. The van der Waals surface area contributed by atoms with Gasteiger partial charge in [-0.2, -0.15) is 18.3 Å². The predicted molar refractivity (Wildman–Crippen MR) is 65.9 cm³/mol. The van der Waals surface area contributed by atoms with Crippen LogP contribution in [0.15, 0.2) is 23.4 Å². The number of halogens is 5. The van der Waals surface area contributed by atoms with E-state index in [1.54, 1.807) is 0 Å². The molecule has 0 unspecified atom stereocenters. The van der Waals surface area contributed by atoms with E-state index in [-0.39, 0.29) is 22.4 Å². The Bertz CT molecular complexity index is 680. The normalized spacial score (nSPS) is 11.8. The van der Waals surface area contributed by atoms with Gasteiger partial charge in [0.15, 0.2) is 0 Å². The fourth-order valence-corrected chi connectivity index (χ4v) is 1.79. The first-order valence-corrected chi connectivity index (χ1v) is 6.01. The topological polar surface area (TPSA) is 52.7 Å². The predicted octanol–water partition coefficient (Wildman–Crippen LogP) is 2.36. The first kappa shape index (κ1) is 14.9. The van der Waals surface area contributed by atoms with Gasteiger partial charge in [-0.25, -0.2) is 9.67 Å². The van der Waals surface area contributed by atoms with E-state index in [2.05, 4.69) is 10.1 Å². The van der Waals surface area contributed by atoms with Crippen LogP contribution in [0, 0.1) is 0 Å². The summed E-state index contributed by atoms with van der Waals surface area (Å²) in [6, 6.07) is 0. The van der Waals surface area contributed by atoms with Gasteiger partial charge >= 0.3 is 6.18 Å². The third-order valence-electron chi connectivity index (χ3n) is 2.38. The van der Waals surface area contributed by atoms with Gasteiger partial charge in [0.1, 0.15) is 23.9 Å². The van der Waals surface area contributed by atoms with Crippen molar-refractivity contribution in [2.24, 2.45) is 0 Å². The van der Waals surface area contributed by atoms with Crippen LogP contribution in [0.5, 0.6) is 0 Å². The van der Waals surface area contributed by atoms with Gasteiger partial charge in [-0.05, 0) is 0 Å². The van der Waals surface area contributed by atoms with Gasteiger partial charge in [0.2, 0.25) is 0 Å². The third kappa shape index (κ3) is 3.31. The number of aromatic nitrogens is 4. The largest absolute Gasteiger partial charge is 0.406 e. The molecule has 0 aliphatic rings. The van der Waals surface area contributed by atoms with Crippen LogP contribution in [-0.4, -0.2) is 25.5 Å². The minimum Gasteiger partial charge on any atom is -0.324 e. The van der Waals surface area contributed by atoms with Crippen LogP contribution >= 0.6 is 23.2 Å². The summed E-state index contributed by atoms with van der Waals surface area (Å²) in [5, 5.41) is 3.44. The molecular formula is C10H7Cl2F3N4O. The molecule has 20 heavy (non-hydrogen) atoms. The van der Waals surface area contributed by atoms with Crippen LogP contribution in [-0.2, 0) is 13.1 Å². The molecule has 0 aromatic carbocycles. The first-order chi connectivity index (χ1) is 9.28. The molecule has 0 radical (unpaired) electrons. The van der Waals surface area contributed by atoms with Gasteiger partial charge in [0.05, 0.1) is 11.2 Å². The second kappa shape index (κ2) is 5.45. The molecule has 5 nitrogen and oxygen atoms in total. The summed E-state index contributed by atoms with van der Waals surface area (Å²) in [5.41, 5.74) is -0.694. The molecule has 0 amide bonds. The lowest BCUT2D eigenvalue weighted by molar-refractivity contribution is -0.141. The van der Waals surface area contributed by atoms with E-state index < -0.39 is 18.3 Å². The maximum atomic E-state index is 12.4. The van der Waals surface area contributed by atoms with E-state index in [1.807, 2.05) is 0 Å². The zero-order valence-corrected chi connectivity index (χ0v) is 11.2. The molecule has 0 aliphatic carbocycles. The van der Waals surface area contributed by atoms with Gasteiger partial charge in [0, 0.05) is 12.4 Å². The Morgan fingerprint density at radius 2 is 2.00 bits per heavy atom. The molecule has 0 N–H and O–H groups in total. The fourth-order valence-electron chi connectivity index (χ4n) is 1.52. The van der Waals surface area contributed by atoms with E-state index in [9.17, 15) is 18.0 Å². The summed E-state index contributed by atoms with van der Waals surface area (Å²) in [6.45, 7) is -1.43. The molecule has 10 heteroatoms. The molecule has 2 aromatic heterocycles. The maximum Gasteiger partial charge on any atom is 0.406 e. The lowest BCUT2D eigenvalue weighted by atomic mass is 10.5. The summed E-state index contributed by atoms with van der Waals surface area (Å²) in [4.78, 5) is 15.5. The Morgan fingerprint density at radius 3 is 2.65 bits per heavy atom. The van der Waals surface area contributed by atoms with Gasteiger partial charge < -0.3 is 4.57 Å². The molecule has 0 aliphatic heterocycles. The van der Waals surface area contributed by atoms with Crippen molar-refractivity contribution < 1.29 is 13.2 Å². The molecule has 0 fully saturated rings. The van der Waals surface area contributed by atoms with Gasteiger partial charge in [-0.3, -0.25) is 4.79 Å². The zero-order valence-electron chi connectivity index (χ0n) is 9.73. The SMILES string of the molecule is O=c1c(Cl)c(Cl)cnn1Cc1nccn1CC(F)(F)F. The molecule has 0 spiro atoms. The highest BCUT2D eigenvalue weighted by atomic mass is 35.5. The van der Waals surface area contributed by atoms with Crippen molar-refractivity contribution in [2.45, 2.75) is 19.3 Å². The molecule has 2 rings (SSSR count). The number of nitrogens with zero attached hydrogens (tertiary/aromatic N) is 4. The Kier molecular flexibility index (Phi) is 4.05. The molecule has 2 aromatic rings. The van der Waals surface area contributed by atoms with Gasteiger partial charge in [0.25, 0.3) is 5.56 Å². The Hall–Kier alpha value is -1.54. The highest BCUT2D eigenvalue weighted by molar-refractivity contribution is 6.41. The van der Waals surface area contributed by atoms with Crippen molar-refractivity contribution in [1.29, 1.82) is 0 Å². The highest BCUT2D eigenvalue weighted by Crippen LogP contribution is 2.19. The third-order valence-corrected chi connectivity index (χ3v) is 3.13. The molecule has 0 atom stereocenters. The smallest absolute Gasteiger partial charge is 0.324 e. The van der Waals surface area contributed by atoms with E-state index in [0.29, 0.717) is 0 Å². The summed E-state index contributed by atoms with van der Waals surface area (Å²) >= 11 is 11.3. The van der Waals surface area contributed by atoms with Crippen LogP contribution in [0.2, 0.25) is 10.0 Å². The van der Waals surface area contributed by atoms with Crippen molar-refractivity contribution in [2.75, 3.05) is 0 Å². The summed E-state index contributed by atoms with van der Waals surface area (Å²) in [7, 11) is 0. The van der Waals surface area contributed by atoms with Crippen LogP contribution in [0.1, 0.15) is 5.82 Å². The summed E-state index contributed by atoms with van der Waals surface area (Å²) in [6.07, 6.45) is -0.858. The van der Waals surface area contributed by atoms with Gasteiger partial charge in [-0.15, -0.1) is 0 Å². The number of rotatable bonds is 3. The number of imidazole rings is 1. The van der Waals surface area contributed by atoms with E-state index in [0.717, 1.165) is 15.4 Å². The minimum atomic E-state index is -4.38. The van der Waals surface area contributed by atoms with Crippen molar-refractivity contribution in [3.8, 4) is 0 Å². The Labute approximate surface area is 120 Å². The number of hydrogen-bond donors (Lipinski definition) is 0. The molecule has 0 bridgehead atoms. The van der Waals surface area contributed by atoms with Crippen LogP contribution in [0.25, 0.3) is 0 Å². The highest BCUT2D eigenvalue weighted by Gasteiger charge is 2.28. The quantitative estimate of drug-likeness (QED) is 0.870. The van der Waals surface area contributed by atoms with Crippen molar-refractivity contribution >= 4 is 23.2 Å². The minimum absolute atomic E-state index is 0.0217. The number of alkyl halides is 3. The molecular weight excluding hydrogens is 320 g/mol. The monoisotopic (exact) mass is 326 g/mol. The molecule has 2 heterocycles. The molecule has 0 saturated carbocycles. The lowest BCUT2D eigenvalue weighted by Gasteiger charge is -2.11. The summed E-state index contributed by atoms with van der Waals surface area (Å²) in [5.74, 6) is 0.0373. The second-order valence-corrected chi connectivity index (χ2v) is 4.64. The van der Waals surface area contributed by atoms with E-state index in [4.69, 9.17) is 23.2 Å². The van der Waals surface area contributed by atoms with Crippen LogP contribution in [0.3, 0.4) is 0 Å². The lowest BCUT2D eigenvalue weighted by Crippen LogP contribution is -2.26. The maximum absolute atomic E-state index is 12.4. The Morgan fingerprint density at radius 1 is 1.30 bits per heavy atom. The van der Waals surface area contributed by atoms with E-state index in [1.165, 1.54) is 12.4 Å². The zero-order chi connectivity index (χ0) is 14.9. The van der Waals surface area contributed by atoms with Gasteiger partial charge in [-0.1, -0.05) is 23.2 Å². The van der Waals surface area contributed by atoms with Crippen LogP contribution < -0.4 is 5.56 Å². The number of hydrogen-bond acceptors (Lipinski definition) is 3. The molecule has 0 saturated heterocycles. The first-order valence-electron chi connectivity index (χ1n) is 5.26. The Balaban J connectivity index is 2.30.